The van der Waals surface area contributed by atoms with Crippen molar-refractivity contribution in [1.29, 1.82) is 0 Å². The molecule has 26 heavy (non-hydrogen) atoms. The summed E-state index contributed by atoms with van der Waals surface area (Å²) in [6.45, 7) is 2.52. The van der Waals surface area contributed by atoms with Gasteiger partial charge in [0.25, 0.3) is 0 Å². The van der Waals surface area contributed by atoms with E-state index in [1.807, 2.05) is 37.4 Å². The summed E-state index contributed by atoms with van der Waals surface area (Å²) in [6, 6.07) is 11.5. The molecule has 0 unspecified atom stereocenters. The van der Waals surface area contributed by atoms with Crippen molar-refractivity contribution in [2.75, 3.05) is 11.9 Å². The zero-order chi connectivity index (χ0) is 18.1. The van der Waals surface area contributed by atoms with Gasteiger partial charge in [-0.05, 0) is 56.4 Å². The van der Waals surface area contributed by atoms with E-state index in [4.69, 9.17) is 0 Å². The summed E-state index contributed by atoms with van der Waals surface area (Å²) >= 11 is 0. The van der Waals surface area contributed by atoms with Crippen molar-refractivity contribution in [3.05, 3.63) is 53.7 Å². The lowest BCUT2D eigenvalue weighted by molar-refractivity contribution is 0.255. The van der Waals surface area contributed by atoms with Crippen LogP contribution in [0.3, 0.4) is 0 Å². The Labute approximate surface area is 155 Å². The van der Waals surface area contributed by atoms with Gasteiger partial charge in [-0.25, -0.2) is 13.4 Å². The molecule has 0 radical (unpaired) electrons. The van der Waals surface area contributed by atoms with Crippen LogP contribution in [0.5, 0.6) is 0 Å². The zero-order valence-corrected chi connectivity index (χ0v) is 15.9. The number of pyridine rings is 1. The minimum absolute atomic E-state index is 0.141. The molecule has 1 N–H and O–H groups in total. The molecule has 2 aromatic rings. The third-order valence-electron chi connectivity index (χ3n) is 5.18. The van der Waals surface area contributed by atoms with Gasteiger partial charge in [0.05, 0.1) is 10.9 Å². The molecule has 0 spiro atoms. The molecule has 0 bridgehead atoms. The van der Waals surface area contributed by atoms with Crippen LogP contribution in [0.4, 0.5) is 5.82 Å². The molecule has 2 aliphatic rings. The lowest BCUT2D eigenvalue weighted by atomic mass is 9.99. The number of nitrogens with one attached hydrogen (secondary N) is 1. The highest BCUT2D eigenvalue weighted by molar-refractivity contribution is 7.89. The van der Waals surface area contributed by atoms with Gasteiger partial charge in [-0.3, -0.25) is 0 Å². The molecule has 6 heteroatoms. The van der Waals surface area contributed by atoms with E-state index in [9.17, 15) is 8.42 Å². The molecule has 1 atom stereocenters. The van der Waals surface area contributed by atoms with E-state index in [2.05, 4.69) is 10.3 Å². The Hall–Kier alpha value is -1.92. The van der Waals surface area contributed by atoms with Gasteiger partial charge < -0.3 is 5.32 Å². The monoisotopic (exact) mass is 371 g/mol. The Morgan fingerprint density at radius 1 is 1.04 bits per heavy atom. The van der Waals surface area contributed by atoms with Crippen LogP contribution in [-0.2, 0) is 10.0 Å². The average molecular weight is 372 g/mol. The quantitative estimate of drug-likeness (QED) is 0.866. The molecule has 1 saturated heterocycles. The number of anilines is 1. The fourth-order valence-corrected chi connectivity index (χ4v) is 5.18. The first kappa shape index (κ1) is 17.5. The third kappa shape index (κ3) is 3.62. The molecule has 1 aromatic heterocycles. The Morgan fingerprint density at radius 2 is 1.81 bits per heavy atom. The zero-order valence-electron chi connectivity index (χ0n) is 15.1. The van der Waals surface area contributed by atoms with Crippen molar-refractivity contribution in [3.63, 3.8) is 0 Å². The summed E-state index contributed by atoms with van der Waals surface area (Å²) < 4.78 is 28.1. The standard InChI is InChI=1S/C20H25N3O2S/c1-15-5-10-18(11-6-15)26(24,25)23-13-3-2-4-19(23)16-7-12-20(21-14-16)22-17-8-9-17/h5-7,10-12,14,17,19H,2-4,8-9,13H2,1H3,(H,21,22)/t19-/m1/s1. The largest absolute Gasteiger partial charge is 0.367 e. The van der Waals surface area contributed by atoms with Gasteiger partial charge in [-0.2, -0.15) is 4.31 Å². The minimum atomic E-state index is -3.51. The Morgan fingerprint density at radius 3 is 2.46 bits per heavy atom. The van der Waals surface area contributed by atoms with Crippen LogP contribution < -0.4 is 5.32 Å². The first-order valence-corrected chi connectivity index (χ1v) is 10.8. The van der Waals surface area contributed by atoms with Crippen molar-refractivity contribution in [1.82, 2.24) is 9.29 Å². The topological polar surface area (TPSA) is 62.3 Å². The Balaban J connectivity index is 1.60. The Bertz CT molecular complexity index is 859. The average Bonchev–Trinajstić information content (AvgIpc) is 3.47. The molecule has 2 heterocycles. The predicted molar refractivity (Wildman–Crippen MR) is 103 cm³/mol. The van der Waals surface area contributed by atoms with Crippen molar-refractivity contribution in [2.45, 2.75) is 56.0 Å². The lowest BCUT2D eigenvalue weighted by Crippen LogP contribution is -2.38. The third-order valence-corrected chi connectivity index (χ3v) is 7.10. The van der Waals surface area contributed by atoms with Crippen LogP contribution in [0.25, 0.3) is 0 Å². The molecule has 1 aliphatic heterocycles. The molecule has 1 saturated carbocycles. The first-order valence-electron chi connectivity index (χ1n) is 9.35. The van der Waals surface area contributed by atoms with E-state index in [1.165, 1.54) is 12.8 Å². The molecular formula is C20H25N3O2S. The molecule has 5 nitrogen and oxygen atoms in total. The van der Waals surface area contributed by atoms with Crippen molar-refractivity contribution in [2.24, 2.45) is 0 Å². The number of sulfonamides is 1. The van der Waals surface area contributed by atoms with Gasteiger partial charge in [-0.1, -0.05) is 30.2 Å². The van der Waals surface area contributed by atoms with Gasteiger partial charge in [0.15, 0.2) is 0 Å². The van der Waals surface area contributed by atoms with Crippen LogP contribution in [0, 0.1) is 6.92 Å². The van der Waals surface area contributed by atoms with Crippen LogP contribution in [0.15, 0.2) is 47.5 Å². The summed E-state index contributed by atoms with van der Waals surface area (Å²) in [5.74, 6) is 0.875. The van der Waals surface area contributed by atoms with E-state index in [0.29, 0.717) is 17.5 Å². The van der Waals surface area contributed by atoms with Crippen LogP contribution >= 0.6 is 0 Å². The van der Waals surface area contributed by atoms with Crippen molar-refractivity contribution < 1.29 is 8.42 Å². The molecule has 1 aliphatic carbocycles. The lowest BCUT2D eigenvalue weighted by Gasteiger charge is -2.35. The normalized spacial score (nSPS) is 21.5. The second-order valence-electron chi connectivity index (χ2n) is 7.34. The van der Waals surface area contributed by atoms with Gasteiger partial charge in [0.2, 0.25) is 10.0 Å². The highest BCUT2D eigenvalue weighted by Gasteiger charge is 2.34. The number of aromatic nitrogens is 1. The second kappa shape index (κ2) is 7.00. The number of hydrogen-bond acceptors (Lipinski definition) is 4. The molecule has 2 fully saturated rings. The molecule has 138 valence electrons. The summed E-state index contributed by atoms with van der Waals surface area (Å²) in [6.07, 6.45) is 7.01. The predicted octanol–water partition coefficient (Wildman–Crippen LogP) is 3.88. The van der Waals surface area contributed by atoms with Crippen molar-refractivity contribution >= 4 is 15.8 Å². The smallest absolute Gasteiger partial charge is 0.243 e. The van der Waals surface area contributed by atoms with Gasteiger partial charge in [0.1, 0.15) is 5.82 Å². The maximum absolute atomic E-state index is 13.2. The maximum atomic E-state index is 13.2. The van der Waals surface area contributed by atoms with E-state index < -0.39 is 10.0 Å². The highest BCUT2D eigenvalue weighted by Crippen LogP contribution is 2.35. The number of piperidine rings is 1. The van der Waals surface area contributed by atoms with Gasteiger partial charge >= 0.3 is 0 Å². The number of nitrogens with zero attached hydrogens (tertiary/aromatic N) is 2. The molecule has 1 aromatic carbocycles. The Kier molecular flexibility index (Phi) is 4.71. The summed E-state index contributed by atoms with van der Waals surface area (Å²) in [5.41, 5.74) is 2.03. The summed E-state index contributed by atoms with van der Waals surface area (Å²) in [4.78, 5) is 4.87. The second-order valence-corrected chi connectivity index (χ2v) is 9.23. The van der Waals surface area contributed by atoms with E-state index >= 15 is 0 Å². The van der Waals surface area contributed by atoms with Gasteiger partial charge in [-0.15, -0.1) is 0 Å². The van der Waals surface area contributed by atoms with Crippen LogP contribution in [0.1, 0.15) is 49.3 Å². The summed E-state index contributed by atoms with van der Waals surface area (Å²) in [7, 11) is -3.51. The van der Waals surface area contributed by atoms with Gasteiger partial charge in [0, 0.05) is 18.8 Å². The number of hydrogen-bond donors (Lipinski definition) is 1. The molecule has 0 amide bonds. The number of benzene rings is 1. The number of aryl methyl sites for hydroxylation is 1. The maximum Gasteiger partial charge on any atom is 0.243 e. The van der Waals surface area contributed by atoms with Crippen LogP contribution in [0.2, 0.25) is 0 Å². The fraction of sp³-hybridized carbons (Fsp3) is 0.450. The molecular weight excluding hydrogens is 346 g/mol. The number of rotatable bonds is 5. The molecule has 4 rings (SSSR count). The first-order chi connectivity index (χ1) is 12.5. The van der Waals surface area contributed by atoms with Crippen molar-refractivity contribution in [3.8, 4) is 0 Å². The van der Waals surface area contributed by atoms with Crippen LogP contribution in [-0.4, -0.2) is 30.3 Å². The van der Waals surface area contributed by atoms with E-state index in [-0.39, 0.29) is 6.04 Å². The fourth-order valence-electron chi connectivity index (χ4n) is 3.50. The van der Waals surface area contributed by atoms with E-state index in [1.54, 1.807) is 16.4 Å². The summed E-state index contributed by atoms with van der Waals surface area (Å²) in [5, 5.41) is 3.38. The highest BCUT2D eigenvalue weighted by atomic mass is 32.2. The minimum Gasteiger partial charge on any atom is -0.367 e. The SMILES string of the molecule is Cc1ccc(S(=O)(=O)N2CCCC[C@@H]2c2ccc(NC3CC3)nc2)cc1. The van der Waals surface area contributed by atoms with E-state index in [0.717, 1.165) is 36.2 Å².